The monoisotopic (exact) mass is 339 g/mol. The number of aromatic nitrogens is 2. The molecule has 1 saturated carbocycles. The predicted octanol–water partition coefficient (Wildman–Crippen LogP) is 4.60. The highest BCUT2D eigenvalue weighted by Gasteiger charge is 2.24. The first-order valence-corrected chi connectivity index (χ1v) is 8.69. The second-order valence-corrected chi connectivity index (χ2v) is 6.95. The van der Waals surface area contributed by atoms with Gasteiger partial charge in [0.2, 0.25) is 0 Å². The zero-order chi connectivity index (χ0) is 14.5. The number of hydrogen-bond donors (Lipinski definition) is 0. The summed E-state index contributed by atoms with van der Waals surface area (Å²) in [6.45, 7) is 7.80. The summed E-state index contributed by atoms with van der Waals surface area (Å²) >= 11 is 3.53. The van der Waals surface area contributed by atoms with E-state index in [9.17, 15) is 0 Å². The molecule has 20 heavy (non-hydrogen) atoms. The molecule has 0 spiro atoms. The van der Waals surface area contributed by atoms with E-state index in [1.54, 1.807) is 0 Å². The number of rotatable bonds is 6. The summed E-state index contributed by atoms with van der Waals surface area (Å²) < 4.78 is 0.909. The summed E-state index contributed by atoms with van der Waals surface area (Å²) in [5.74, 6) is 2.77. The van der Waals surface area contributed by atoms with E-state index in [1.807, 2.05) is 0 Å². The topological polar surface area (TPSA) is 29.0 Å². The van der Waals surface area contributed by atoms with Crippen molar-refractivity contribution < 1.29 is 0 Å². The summed E-state index contributed by atoms with van der Waals surface area (Å²) in [7, 11) is 0. The minimum absolute atomic E-state index is 0.667. The number of nitrogens with zero attached hydrogens (tertiary/aromatic N) is 3. The molecule has 0 aromatic carbocycles. The van der Waals surface area contributed by atoms with Crippen molar-refractivity contribution in [1.29, 1.82) is 0 Å². The molecular weight excluding hydrogens is 314 g/mol. The van der Waals surface area contributed by atoms with E-state index in [-0.39, 0.29) is 0 Å². The van der Waals surface area contributed by atoms with E-state index >= 15 is 0 Å². The highest BCUT2D eigenvalue weighted by atomic mass is 79.9. The first kappa shape index (κ1) is 15.7. The minimum Gasteiger partial charge on any atom is -0.353 e. The molecule has 1 aliphatic rings. The maximum absolute atomic E-state index is 4.76. The predicted molar refractivity (Wildman–Crippen MR) is 88.2 cm³/mol. The van der Waals surface area contributed by atoms with Gasteiger partial charge in [-0.1, -0.05) is 33.6 Å². The molecule has 0 amide bonds. The van der Waals surface area contributed by atoms with Crippen molar-refractivity contribution in [1.82, 2.24) is 9.97 Å². The average Bonchev–Trinajstić information content (AvgIpc) is 2.92. The van der Waals surface area contributed by atoms with Gasteiger partial charge in [0.25, 0.3) is 0 Å². The molecule has 1 heterocycles. The molecule has 0 atom stereocenters. The van der Waals surface area contributed by atoms with Crippen LogP contribution >= 0.6 is 15.9 Å². The van der Waals surface area contributed by atoms with Crippen molar-refractivity contribution >= 4 is 21.7 Å². The Labute approximate surface area is 131 Å². The zero-order valence-corrected chi connectivity index (χ0v) is 14.5. The lowest BCUT2D eigenvalue weighted by atomic mass is 10.1. The number of aryl methyl sites for hydroxylation is 1. The van der Waals surface area contributed by atoms with Crippen LogP contribution in [0, 0.1) is 5.92 Å². The van der Waals surface area contributed by atoms with Crippen LogP contribution in [0.25, 0.3) is 0 Å². The van der Waals surface area contributed by atoms with Gasteiger partial charge in [-0.25, -0.2) is 9.97 Å². The van der Waals surface area contributed by atoms with Gasteiger partial charge < -0.3 is 4.90 Å². The van der Waals surface area contributed by atoms with Crippen LogP contribution in [0.5, 0.6) is 0 Å². The molecule has 1 aromatic heterocycles. The summed E-state index contributed by atoms with van der Waals surface area (Å²) in [4.78, 5) is 11.7. The summed E-state index contributed by atoms with van der Waals surface area (Å²) in [6, 6.07) is 2.75. The number of halogens is 1. The molecule has 112 valence electrons. The Morgan fingerprint density at radius 1 is 1.30 bits per heavy atom. The fourth-order valence-electron chi connectivity index (χ4n) is 2.85. The third-order valence-electron chi connectivity index (χ3n) is 4.05. The largest absolute Gasteiger partial charge is 0.353 e. The molecule has 0 N–H and O–H groups in total. The van der Waals surface area contributed by atoms with Crippen LogP contribution in [0.3, 0.4) is 0 Å². The normalized spacial score (nSPS) is 16.1. The molecule has 0 aliphatic heterocycles. The molecule has 0 bridgehead atoms. The Kier molecular flexibility index (Phi) is 5.82. The van der Waals surface area contributed by atoms with Crippen LogP contribution in [0.15, 0.2) is 10.7 Å². The Balaban J connectivity index is 2.22. The molecule has 0 radical (unpaired) electrons. The third-order valence-corrected chi connectivity index (χ3v) is 4.46. The van der Waals surface area contributed by atoms with Gasteiger partial charge in [0.15, 0.2) is 0 Å². The summed E-state index contributed by atoms with van der Waals surface area (Å²) in [6.07, 6.45) is 7.43. The van der Waals surface area contributed by atoms with Crippen molar-refractivity contribution in [3.8, 4) is 0 Å². The van der Waals surface area contributed by atoms with Crippen LogP contribution in [0.2, 0.25) is 0 Å². The van der Waals surface area contributed by atoms with Gasteiger partial charge in [0.1, 0.15) is 16.2 Å². The van der Waals surface area contributed by atoms with Crippen LogP contribution in [0.4, 0.5) is 5.82 Å². The zero-order valence-electron chi connectivity index (χ0n) is 12.9. The van der Waals surface area contributed by atoms with Crippen LogP contribution in [-0.2, 0) is 6.42 Å². The summed E-state index contributed by atoms with van der Waals surface area (Å²) in [5.41, 5.74) is 0. The second-order valence-electron chi connectivity index (χ2n) is 6.13. The van der Waals surface area contributed by atoms with Gasteiger partial charge in [0, 0.05) is 25.1 Å². The van der Waals surface area contributed by atoms with E-state index < -0.39 is 0 Å². The highest BCUT2D eigenvalue weighted by molar-refractivity contribution is 9.10. The Bertz CT molecular complexity index is 428. The lowest BCUT2D eigenvalue weighted by Gasteiger charge is -2.31. The smallest absolute Gasteiger partial charge is 0.133 e. The lowest BCUT2D eigenvalue weighted by Crippen LogP contribution is -2.35. The van der Waals surface area contributed by atoms with Crippen LogP contribution in [0.1, 0.15) is 58.7 Å². The van der Waals surface area contributed by atoms with E-state index in [1.165, 1.54) is 32.1 Å². The van der Waals surface area contributed by atoms with Crippen molar-refractivity contribution in [2.75, 3.05) is 11.4 Å². The molecule has 0 saturated heterocycles. The second kappa shape index (κ2) is 7.39. The molecule has 1 fully saturated rings. The van der Waals surface area contributed by atoms with E-state index in [2.05, 4.69) is 52.7 Å². The Morgan fingerprint density at radius 2 is 2.00 bits per heavy atom. The highest BCUT2D eigenvalue weighted by Crippen LogP contribution is 2.29. The molecule has 4 heteroatoms. The molecular formula is C16H26BrN3. The van der Waals surface area contributed by atoms with Gasteiger partial charge in [-0.05, 0) is 41.1 Å². The van der Waals surface area contributed by atoms with Gasteiger partial charge in [-0.15, -0.1) is 0 Å². The minimum atomic E-state index is 0.667. The Hall–Kier alpha value is -0.640. The van der Waals surface area contributed by atoms with Crippen molar-refractivity contribution in [2.24, 2.45) is 5.92 Å². The van der Waals surface area contributed by atoms with Crippen LogP contribution < -0.4 is 4.90 Å². The van der Waals surface area contributed by atoms with Crippen LogP contribution in [-0.4, -0.2) is 22.6 Å². The fraction of sp³-hybridized carbons (Fsp3) is 0.750. The molecule has 1 aromatic rings. The van der Waals surface area contributed by atoms with Gasteiger partial charge in [-0.3, -0.25) is 0 Å². The van der Waals surface area contributed by atoms with E-state index in [0.717, 1.165) is 35.1 Å². The first-order valence-electron chi connectivity index (χ1n) is 7.90. The SMILES string of the molecule is CCc1nc(Br)cc(N(CCC(C)C)C2CCCC2)n1. The first-order chi connectivity index (χ1) is 9.60. The molecule has 0 unspecified atom stereocenters. The number of hydrogen-bond acceptors (Lipinski definition) is 3. The number of anilines is 1. The maximum Gasteiger partial charge on any atom is 0.133 e. The van der Waals surface area contributed by atoms with E-state index in [4.69, 9.17) is 4.98 Å². The molecule has 3 nitrogen and oxygen atoms in total. The van der Waals surface area contributed by atoms with Crippen molar-refractivity contribution in [3.63, 3.8) is 0 Å². The average molecular weight is 340 g/mol. The molecule has 2 rings (SSSR count). The van der Waals surface area contributed by atoms with Gasteiger partial charge in [-0.2, -0.15) is 0 Å². The van der Waals surface area contributed by atoms with Crippen molar-refractivity contribution in [3.05, 3.63) is 16.5 Å². The van der Waals surface area contributed by atoms with Crippen molar-refractivity contribution in [2.45, 2.75) is 65.3 Å². The Morgan fingerprint density at radius 3 is 2.60 bits per heavy atom. The molecule has 1 aliphatic carbocycles. The third kappa shape index (κ3) is 4.18. The summed E-state index contributed by atoms with van der Waals surface area (Å²) in [5, 5.41) is 0. The maximum atomic E-state index is 4.76. The van der Waals surface area contributed by atoms with Gasteiger partial charge in [0.05, 0.1) is 0 Å². The standard InChI is InChI=1S/C16H26BrN3/c1-4-15-18-14(17)11-16(19-15)20(10-9-12(2)3)13-7-5-6-8-13/h11-13H,4-10H2,1-3H3. The fourth-order valence-corrected chi connectivity index (χ4v) is 3.26. The lowest BCUT2D eigenvalue weighted by molar-refractivity contribution is 0.524. The quantitative estimate of drug-likeness (QED) is 0.709. The van der Waals surface area contributed by atoms with Gasteiger partial charge >= 0.3 is 0 Å². The van der Waals surface area contributed by atoms with E-state index in [0.29, 0.717) is 6.04 Å².